The van der Waals surface area contributed by atoms with Crippen molar-refractivity contribution in [2.75, 3.05) is 23.9 Å². The third-order valence-corrected chi connectivity index (χ3v) is 3.07. The zero-order chi connectivity index (χ0) is 12.0. The molecule has 0 bridgehead atoms. The van der Waals surface area contributed by atoms with Crippen molar-refractivity contribution in [2.45, 2.75) is 6.92 Å². The van der Waals surface area contributed by atoms with Crippen LogP contribution in [0.5, 0.6) is 0 Å². The van der Waals surface area contributed by atoms with Crippen molar-refractivity contribution in [2.24, 2.45) is 5.92 Å². The zero-order valence-electron chi connectivity index (χ0n) is 9.47. The summed E-state index contributed by atoms with van der Waals surface area (Å²) in [5, 5.41) is 13.8. The maximum Gasteiger partial charge on any atom is 0.271 e. The molecule has 0 fully saturated rings. The monoisotopic (exact) mass is 240 g/mol. The number of thioether (sulfide) groups is 1. The first-order valence-corrected chi connectivity index (χ1v) is 6.50. The molecule has 5 heteroatoms. The van der Waals surface area contributed by atoms with E-state index >= 15 is 0 Å². The lowest BCUT2D eigenvalue weighted by Crippen LogP contribution is -2.13. The summed E-state index contributed by atoms with van der Waals surface area (Å²) in [6.45, 7) is 2.99. The van der Waals surface area contributed by atoms with Crippen molar-refractivity contribution >= 4 is 23.1 Å². The lowest BCUT2D eigenvalue weighted by Gasteiger charge is -2.11. The first kappa shape index (κ1) is 12.8. The molecule has 0 aliphatic rings. The van der Waals surface area contributed by atoms with Crippen LogP contribution in [0.3, 0.4) is 0 Å². The van der Waals surface area contributed by atoms with Crippen LogP contribution < -0.4 is 5.32 Å². The molecule has 1 N–H and O–H groups in total. The van der Waals surface area contributed by atoms with Gasteiger partial charge in [0.1, 0.15) is 0 Å². The summed E-state index contributed by atoms with van der Waals surface area (Å²) < 4.78 is 0. The van der Waals surface area contributed by atoms with Gasteiger partial charge in [-0.05, 0) is 24.0 Å². The molecule has 1 aromatic carbocycles. The van der Waals surface area contributed by atoms with E-state index in [1.54, 1.807) is 23.9 Å². The number of nitrogens with one attached hydrogen (secondary N) is 1. The van der Waals surface area contributed by atoms with Crippen LogP contribution in [0, 0.1) is 16.0 Å². The molecule has 0 saturated carbocycles. The van der Waals surface area contributed by atoms with E-state index in [4.69, 9.17) is 0 Å². The fourth-order valence-electron chi connectivity index (χ4n) is 1.36. The summed E-state index contributed by atoms with van der Waals surface area (Å²) in [5.41, 5.74) is 0.935. The van der Waals surface area contributed by atoms with Gasteiger partial charge in [-0.3, -0.25) is 10.1 Å². The van der Waals surface area contributed by atoms with Gasteiger partial charge < -0.3 is 5.32 Å². The predicted octanol–water partition coefficient (Wildman–Crippen LogP) is 3.01. The predicted molar refractivity (Wildman–Crippen MR) is 69.1 cm³/mol. The second kappa shape index (κ2) is 6.37. The van der Waals surface area contributed by atoms with E-state index in [1.165, 1.54) is 6.07 Å². The van der Waals surface area contributed by atoms with Gasteiger partial charge in [0.2, 0.25) is 0 Å². The summed E-state index contributed by atoms with van der Waals surface area (Å²) in [7, 11) is 0. The summed E-state index contributed by atoms with van der Waals surface area (Å²) in [5.74, 6) is 1.64. The highest BCUT2D eigenvalue weighted by molar-refractivity contribution is 7.98. The Kier molecular flexibility index (Phi) is 5.11. The van der Waals surface area contributed by atoms with E-state index in [9.17, 15) is 10.1 Å². The maximum absolute atomic E-state index is 10.6. The quantitative estimate of drug-likeness (QED) is 0.613. The van der Waals surface area contributed by atoms with Crippen molar-refractivity contribution in [3.05, 3.63) is 34.4 Å². The summed E-state index contributed by atoms with van der Waals surface area (Å²) in [6, 6.07) is 6.60. The van der Waals surface area contributed by atoms with Gasteiger partial charge in [-0.2, -0.15) is 11.8 Å². The highest BCUT2D eigenvalue weighted by Gasteiger charge is 2.06. The molecular formula is C11H16N2O2S. The molecule has 1 unspecified atom stereocenters. The van der Waals surface area contributed by atoms with Crippen LogP contribution in [0.25, 0.3) is 0 Å². The lowest BCUT2D eigenvalue weighted by atomic mass is 10.2. The average molecular weight is 240 g/mol. The number of nitro groups is 1. The number of rotatable bonds is 6. The van der Waals surface area contributed by atoms with E-state index in [0.717, 1.165) is 18.0 Å². The molecule has 1 aromatic rings. The van der Waals surface area contributed by atoms with Crippen LogP contribution >= 0.6 is 11.8 Å². The molecule has 0 spiro atoms. The van der Waals surface area contributed by atoms with Crippen LogP contribution in [0.2, 0.25) is 0 Å². The summed E-state index contributed by atoms with van der Waals surface area (Å²) in [6.07, 6.45) is 2.07. The van der Waals surface area contributed by atoms with Crippen LogP contribution in [-0.2, 0) is 0 Å². The molecule has 0 saturated heterocycles. The van der Waals surface area contributed by atoms with Gasteiger partial charge in [-0.1, -0.05) is 13.0 Å². The molecule has 1 atom stereocenters. The van der Waals surface area contributed by atoms with Gasteiger partial charge >= 0.3 is 0 Å². The van der Waals surface area contributed by atoms with E-state index in [0.29, 0.717) is 5.92 Å². The minimum atomic E-state index is -0.378. The largest absolute Gasteiger partial charge is 0.385 e. The molecule has 16 heavy (non-hydrogen) atoms. The molecule has 88 valence electrons. The topological polar surface area (TPSA) is 55.2 Å². The SMILES string of the molecule is CSCC(C)CNc1cccc([N+](=O)[O-])c1. The summed E-state index contributed by atoms with van der Waals surface area (Å²) in [4.78, 5) is 10.2. The molecule has 0 heterocycles. The van der Waals surface area contributed by atoms with E-state index in [1.807, 2.05) is 6.07 Å². The molecule has 0 amide bonds. The van der Waals surface area contributed by atoms with Gasteiger partial charge in [-0.15, -0.1) is 0 Å². The van der Waals surface area contributed by atoms with Gasteiger partial charge in [0.05, 0.1) is 4.92 Å². The second-order valence-corrected chi connectivity index (χ2v) is 4.66. The fourth-order valence-corrected chi connectivity index (χ4v) is 2.05. The smallest absolute Gasteiger partial charge is 0.271 e. The molecule has 0 aromatic heterocycles. The van der Waals surface area contributed by atoms with Crippen LogP contribution in [-0.4, -0.2) is 23.5 Å². The Labute approximate surface area is 99.6 Å². The van der Waals surface area contributed by atoms with Gasteiger partial charge in [0, 0.05) is 24.4 Å². The summed E-state index contributed by atoms with van der Waals surface area (Å²) >= 11 is 1.80. The highest BCUT2D eigenvalue weighted by atomic mass is 32.2. The Morgan fingerprint density at radius 2 is 2.31 bits per heavy atom. The third-order valence-electron chi connectivity index (χ3n) is 2.16. The van der Waals surface area contributed by atoms with E-state index in [2.05, 4.69) is 18.5 Å². The van der Waals surface area contributed by atoms with Crippen molar-refractivity contribution in [1.29, 1.82) is 0 Å². The van der Waals surface area contributed by atoms with Gasteiger partial charge in [0.25, 0.3) is 5.69 Å². The highest BCUT2D eigenvalue weighted by Crippen LogP contribution is 2.17. The number of nitro benzene ring substituents is 1. The Balaban J connectivity index is 2.54. The maximum atomic E-state index is 10.6. The standard InChI is InChI=1S/C11H16N2O2S/c1-9(8-16-2)7-12-10-4-3-5-11(6-10)13(14)15/h3-6,9,12H,7-8H2,1-2H3. The lowest BCUT2D eigenvalue weighted by molar-refractivity contribution is -0.384. The number of hydrogen-bond acceptors (Lipinski definition) is 4. The normalized spacial score (nSPS) is 12.1. The number of non-ortho nitro benzene ring substituents is 1. The molecular weight excluding hydrogens is 224 g/mol. The Morgan fingerprint density at radius 1 is 1.56 bits per heavy atom. The van der Waals surface area contributed by atoms with Crippen molar-refractivity contribution < 1.29 is 4.92 Å². The molecule has 0 aliphatic carbocycles. The minimum absolute atomic E-state index is 0.127. The number of nitrogens with zero attached hydrogens (tertiary/aromatic N) is 1. The average Bonchev–Trinajstić information content (AvgIpc) is 2.27. The van der Waals surface area contributed by atoms with Crippen molar-refractivity contribution in [3.8, 4) is 0 Å². The molecule has 0 radical (unpaired) electrons. The first-order chi connectivity index (χ1) is 7.63. The number of anilines is 1. The second-order valence-electron chi connectivity index (χ2n) is 3.75. The van der Waals surface area contributed by atoms with Crippen molar-refractivity contribution in [1.82, 2.24) is 0 Å². The van der Waals surface area contributed by atoms with Crippen molar-refractivity contribution in [3.63, 3.8) is 0 Å². The van der Waals surface area contributed by atoms with Crippen LogP contribution in [0.15, 0.2) is 24.3 Å². The van der Waals surface area contributed by atoms with Gasteiger partial charge in [0.15, 0.2) is 0 Å². The Hall–Kier alpha value is -1.23. The number of hydrogen-bond donors (Lipinski definition) is 1. The molecule has 4 nitrogen and oxygen atoms in total. The first-order valence-electron chi connectivity index (χ1n) is 5.10. The number of benzene rings is 1. The molecule has 0 aliphatic heterocycles. The van der Waals surface area contributed by atoms with Crippen LogP contribution in [0.1, 0.15) is 6.92 Å². The molecule has 1 rings (SSSR count). The van der Waals surface area contributed by atoms with E-state index in [-0.39, 0.29) is 10.6 Å². The van der Waals surface area contributed by atoms with E-state index < -0.39 is 0 Å². The fraction of sp³-hybridized carbons (Fsp3) is 0.455. The third kappa shape index (κ3) is 4.10. The Morgan fingerprint density at radius 3 is 2.94 bits per heavy atom. The van der Waals surface area contributed by atoms with Crippen LogP contribution in [0.4, 0.5) is 11.4 Å². The van der Waals surface area contributed by atoms with Gasteiger partial charge in [-0.25, -0.2) is 0 Å². The zero-order valence-corrected chi connectivity index (χ0v) is 10.3. The minimum Gasteiger partial charge on any atom is -0.385 e. The Bertz CT molecular complexity index is 358.